The van der Waals surface area contributed by atoms with Gasteiger partial charge in [-0.1, -0.05) is 25.5 Å². The largest absolute Gasteiger partial charge is 0.457 e. The molecular formula is C26H25F6NO3. The molecule has 10 heteroatoms. The van der Waals surface area contributed by atoms with Crippen LogP contribution < -0.4 is 4.74 Å². The van der Waals surface area contributed by atoms with Gasteiger partial charge in [0.2, 0.25) is 0 Å². The van der Waals surface area contributed by atoms with Crippen LogP contribution in [0.15, 0.2) is 60.8 Å². The molecule has 0 aliphatic rings. The van der Waals surface area contributed by atoms with Crippen molar-refractivity contribution < 1.29 is 40.6 Å². The molecule has 2 aromatic carbocycles. The Bertz CT molecular complexity index is 1150. The van der Waals surface area contributed by atoms with Crippen LogP contribution in [0, 0.1) is 6.92 Å². The molecule has 0 spiro atoms. The first kappa shape index (κ1) is 27.5. The normalized spacial score (nSPS) is 12.6. The predicted molar refractivity (Wildman–Crippen MR) is 122 cm³/mol. The van der Waals surface area contributed by atoms with Crippen LogP contribution in [-0.2, 0) is 21.5 Å². The minimum absolute atomic E-state index is 0.149. The molecule has 0 radical (unpaired) electrons. The van der Waals surface area contributed by atoms with Gasteiger partial charge in [-0.3, -0.25) is 4.98 Å². The molecule has 1 aromatic heterocycles. The molecule has 0 fully saturated rings. The number of benzene rings is 2. The maximum atomic E-state index is 13.9. The van der Waals surface area contributed by atoms with E-state index in [0.29, 0.717) is 12.2 Å². The van der Waals surface area contributed by atoms with Crippen LogP contribution in [0.5, 0.6) is 11.5 Å². The molecule has 3 aromatic rings. The van der Waals surface area contributed by atoms with E-state index in [2.05, 4.69) is 14.5 Å². The van der Waals surface area contributed by atoms with E-state index in [4.69, 9.17) is 4.74 Å². The van der Waals surface area contributed by atoms with E-state index in [0.717, 1.165) is 42.1 Å². The summed E-state index contributed by atoms with van der Waals surface area (Å²) < 4.78 is 98.2. The highest BCUT2D eigenvalue weighted by Gasteiger charge is 2.73. The summed E-state index contributed by atoms with van der Waals surface area (Å²) in [7, 11) is 0.943. The molecule has 0 N–H and O–H groups in total. The third kappa shape index (κ3) is 5.49. The third-order valence-electron chi connectivity index (χ3n) is 5.54. The zero-order valence-corrected chi connectivity index (χ0v) is 19.8. The molecule has 3 rings (SSSR count). The van der Waals surface area contributed by atoms with Crippen molar-refractivity contribution in [3.05, 3.63) is 77.5 Å². The van der Waals surface area contributed by atoms with Gasteiger partial charge in [-0.15, -0.1) is 0 Å². The quantitative estimate of drug-likeness (QED) is 0.217. The average molecular weight is 513 g/mol. The fourth-order valence-corrected chi connectivity index (χ4v) is 3.88. The van der Waals surface area contributed by atoms with Gasteiger partial charge in [0.1, 0.15) is 18.3 Å². The van der Waals surface area contributed by atoms with Crippen LogP contribution in [0.2, 0.25) is 0 Å². The second kappa shape index (κ2) is 10.9. The van der Waals surface area contributed by atoms with Gasteiger partial charge in [-0.25, -0.2) is 0 Å². The maximum Gasteiger partial charge on any atom is 0.430 e. The van der Waals surface area contributed by atoms with Gasteiger partial charge in [0.15, 0.2) is 0 Å². The summed E-state index contributed by atoms with van der Waals surface area (Å²) in [6.07, 6.45) is -9.29. The number of ether oxygens (including phenoxy) is 3. The molecule has 194 valence electrons. The Labute approximate surface area is 204 Å². The van der Waals surface area contributed by atoms with E-state index < -0.39 is 30.3 Å². The first-order valence-electron chi connectivity index (χ1n) is 11.0. The lowest BCUT2D eigenvalue weighted by atomic mass is 9.89. The molecule has 0 saturated carbocycles. The van der Waals surface area contributed by atoms with Crippen molar-refractivity contribution in [2.24, 2.45) is 0 Å². The molecule has 0 bridgehead atoms. The van der Waals surface area contributed by atoms with Gasteiger partial charge in [0.05, 0.1) is 5.69 Å². The zero-order chi connectivity index (χ0) is 26.6. The summed E-state index contributed by atoms with van der Waals surface area (Å²) in [6.45, 7) is 2.40. The zero-order valence-electron chi connectivity index (χ0n) is 19.8. The lowest BCUT2D eigenvalue weighted by Gasteiger charge is -2.37. The van der Waals surface area contributed by atoms with Gasteiger partial charge in [0.25, 0.3) is 5.60 Å². The number of rotatable bonds is 9. The van der Waals surface area contributed by atoms with E-state index >= 15 is 0 Å². The second-order valence-electron chi connectivity index (χ2n) is 8.09. The molecule has 0 aliphatic heterocycles. The van der Waals surface area contributed by atoms with Crippen LogP contribution in [0.4, 0.5) is 26.3 Å². The van der Waals surface area contributed by atoms with Crippen molar-refractivity contribution in [1.29, 1.82) is 0 Å². The molecule has 4 nitrogen and oxygen atoms in total. The monoisotopic (exact) mass is 513 g/mol. The molecule has 0 amide bonds. The minimum atomic E-state index is -5.80. The number of aryl methyl sites for hydroxylation is 2. The Hall–Kier alpha value is -3.11. The number of nitrogens with zero attached hydrogens (tertiary/aromatic N) is 1. The standard InChI is InChI=1S/C26H25F6NO3/c1-4-7-18-15-19(24(25(27,28)29,26(30,31)32)35-16-34-3)9-12-23(18)36-20-10-11-21(17(2)14-20)22-8-5-6-13-33-22/h5-6,8-15H,4,7,16H2,1-3H3. The van der Waals surface area contributed by atoms with Crippen molar-refractivity contribution in [3.63, 3.8) is 0 Å². The first-order valence-corrected chi connectivity index (χ1v) is 11.0. The van der Waals surface area contributed by atoms with Crippen LogP contribution >= 0.6 is 0 Å². The number of methoxy groups -OCH3 is 1. The summed E-state index contributed by atoms with van der Waals surface area (Å²) in [4.78, 5) is 4.31. The van der Waals surface area contributed by atoms with Crippen molar-refractivity contribution in [2.75, 3.05) is 13.9 Å². The van der Waals surface area contributed by atoms with Crippen LogP contribution in [-0.4, -0.2) is 31.2 Å². The number of pyridine rings is 1. The molecule has 0 unspecified atom stereocenters. The van der Waals surface area contributed by atoms with E-state index in [1.807, 2.05) is 19.1 Å². The fraction of sp³-hybridized carbons (Fsp3) is 0.346. The molecule has 1 heterocycles. The summed E-state index contributed by atoms with van der Waals surface area (Å²) in [5.74, 6) is 0.529. The van der Waals surface area contributed by atoms with Gasteiger partial charge in [0, 0.05) is 24.4 Å². The van der Waals surface area contributed by atoms with Gasteiger partial charge in [-0.05, 0) is 66.9 Å². The first-order chi connectivity index (χ1) is 16.9. The number of aromatic nitrogens is 1. The Morgan fingerprint density at radius 1 is 0.889 bits per heavy atom. The summed E-state index contributed by atoms with van der Waals surface area (Å²) in [5.41, 5.74) is -3.03. The van der Waals surface area contributed by atoms with Crippen molar-refractivity contribution in [1.82, 2.24) is 4.98 Å². The Morgan fingerprint density at radius 2 is 1.61 bits per heavy atom. The van der Waals surface area contributed by atoms with Gasteiger partial charge in [-0.2, -0.15) is 26.3 Å². The molecule has 0 atom stereocenters. The van der Waals surface area contributed by atoms with Crippen LogP contribution in [0.1, 0.15) is 30.0 Å². The van der Waals surface area contributed by atoms with E-state index in [-0.39, 0.29) is 17.7 Å². The predicted octanol–water partition coefficient (Wildman–Crippen LogP) is 7.74. The number of hydrogen-bond donors (Lipinski definition) is 0. The minimum Gasteiger partial charge on any atom is -0.457 e. The number of halogens is 6. The second-order valence-corrected chi connectivity index (χ2v) is 8.09. The molecule has 0 aliphatic carbocycles. The highest BCUT2D eigenvalue weighted by molar-refractivity contribution is 5.64. The van der Waals surface area contributed by atoms with Crippen LogP contribution in [0.3, 0.4) is 0 Å². The fourth-order valence-electron chi connectivity index (χ4n) is 3.88. The van der Waals surface area contributed by atoms with E-state index in [1.54, 1.807) is 37.4 Å². The average Bonchev–Trinajstić information content (AvgIpc) is 2.80. The van der Waals surface area contributed by atoms with E-state index in [1.165, 1.54) is 0 Å². The van der Waals surface area contributed by atoms with Crippen molar-refractivity contribution in [2.45, 2.75) is 44.6 Å². The Kier molecular flexibility index (Phi) is 8.30. The molecule has 0 saturated heterocycles. The number of alkyl halides is 6. The van der Waals surface area contributed by atoms with Crippen molar-refractivity contribution in [3.8, 4) is 22.8 Å². The van der Waals surface area contributed by atoms with Gasteiger partial charge < -0.3 is 14.2 Å². The Morgan fingerprint density at radius 3 is 2.17 bits per heavy atom. The highest BCUT2D eigenvalue weighted by atomic mass is 19.4. The topological polar surface area (TPSA) is 40.6 Å². The lowest BCUT2D eigenvalue weighted by molar-refractivity contribution is -0.400. The van der Waals surface area contributed by atoms with Gasteiger partial charge >= 0.3 is 12.4 Å². The summed E-state index contributed by atoms with van der Waals surface area (Å²) >= 11 is 0. The SMILES string of the molecule is CCCc1cc(C(OCOC)(C(F)(F)F)C(F)(F)F)ccc1Oc1ccc(-c2ccccn2)c(C)c1. The Balaban J connectivity index is 2.03. The smallest absolute Gasteiger partial charge is 0.430 e. The molecular weight excluding hydrogens is 488 g/mol. The lowest BCUT2D eigenvalue weighted by Crippen LogP contribution is -2.56. The maximum absolute atomic E-state index is 13.9. The highest BCUT2D eigenvalue weighted by Crippen LogP contribution is 2.53. The third-order valence-corrected chi connectivity index (χ3v) is 5.54. The summed E-state index contributed by atoms with van der Waals surface area (Å²) in [5, 5.41) is 0. The molecule has 36 heavy (non-hydrogen) atoms. The number of hydrogen-bond acceptors (Lipinski definition) is 4. The summed E-state index contributed by atoms with van der Waals surface area (Å²) in [6, 6.07) is 13.3. The van der Waals surface area contributed by atoms with E-state index in [9.17, 15) is 26.3 Å². The van der Waals surface area contributed by atoms with Crippen molar-refractivity contribution >= 4 is 0 Å². The van der Waals surface area contributed by atoms with Crippen LogP contribution in [0.25, 0.3) is 11.3 Å².